The van der Waals surface area contributed by atoms with Crippen molar-refractivity contribution < 1.29 is 14.7 Å². The van der Waals surface area contributed by atoms with Gasteiger partial charge in [0.15, 0.2) is 0 Å². The van der Waals surface area contributed by atoms with Gasteiger partial charge < -0.3 is 10.4 Å². The van der Waals surface area contributed by atoms with Crippen molar-refractivity contribution in [3.05, 3.63) is 34.3 Å². The van der Waals surface area contributed by atoms with Crippen LogP contribution in [0.15, 0.2) is 18.2 Å². The van der Waals surface area contributed by atoms with Crippen LogP contribution in [-0.2, 0) is 4.79 Å². The summed E-state index contributed by atoms with van der Waals surface area (Å²) in [5, 5.41) is 12.1. The van der Waals surface area contributed by atoms with Gasteiger partial charge in [-0.1, -0.05) is 18.5 Å². The van der Waals surface area contributed by atoms with Gasteiger partial charge in [-0.15, -0.1) is 0 Å². The molecule has 5 heteroatoms. The van der Waals surface area contributed by atoms with Gasteiger partial charge in [-0.3, -0.25) is 9.59 Å². The number of carbonyl (C=O) groups is 2. The molecular formula is C15H20ClNO3. The van der Waals surface area contributed by atoms with E-state index < -0.39 is 5.97 Å². The monoisotopic (exact) mass is 297 g/mol. The van der Waals surface area contributed by atoms with Crippen molar-refractivity contribution >= 4 is 23.5 Å². The number of carbonyl (C=O) groups excluding carboxylic acids is 1. The Morgan fingerprint density at radius 3 is 2.65 bits per heavy atom. The third-order valence-electron chi connectivity index (χ3n) is 3.21. The topological polar surface area (TPSA) is 66.4 Å². The average molecular weight is 298 g/mol. The van der Waals surface area contributed by atoms with E-state index in [1.54, 1.807) is 18.2 Å². The molecule has 1 aromatic carbocycles. The largest absolute Gasteiger partial charge is 0.481 e. The number of rotatable bonds is 7. The second-order valence-corrected chi connectivity index (χ2v) is 5.48. The highest BCUT2D eigenvalue weighted by atomic mass is 35.5. The second kappa shape index (κ2) is 7.90. The molecule has 0 saturated carbocycles. The summed E-state index contributed by atoms with van der Waals surface area (Å²) in [7, 11) is 0. The highest BCUT2D eigenvalue weighted by molar-refractivity contribution is 6.30. The van der Waals surface area contributed by atoms with Gasteiger partial charge in [0.1, 0.15) is 0 Å². The van der Waals surface area contributed by atoms with Gasteiger partial charge in [0.05, 0.1) is 0 Å². The molecule has 0 aromatic heterocycles. The molecule has 4 nitrogen and oxygen atoms in total. The number of aryl methyl sites for hydroxylation is 1. The summed E-state index contributed by atoms with van der Waals surface area (Å²) in [6.45, 7) is 4.38. The predicted molar refractivity (Wildman–Crippen MR) is 79.2 cm³/mol. The van der Waals surface area contributed by atoms with Crippen LogP contribution in [0.25, 0.3) is 0 Å². The minimum Gasteiger partial charge on any atom is -0.481 e. The number of amides is 1. The molecule has 1 amide bonds. The first kappa shape index (κ1) is 16.5. The lowest BCUT2D eigenvalue weighted by Gasteiger charge is -2.11. The normalized spacial score (nSPS) is 11.9. The van der Waals surface area contributed by atoms with E-state index in [-0.39, 0.29) is 18.2 Å². The Morgan fingerprint density at radius 1 is 1.35 bits per heavy atom. The molecule has 2 N–H and O–H groups in total. The second-order valence-electron chi connectivity index (χ2n) is 5.04. The Morgan fingerprint density at radius 2 is 2.05 bits per heavy atom. The van der Waals surface area contributed by atoms with Crippen LogP contribution in [0.1, 0.15) is 42.1 Å². The number of benzene rings is 1. The summed E-state index contributed by atoms with van der Waals surface area (Å²) in [5.41, 5.74) is 1.46. The first-order chi connectivity index (χ1) is 9.40. The maximum atomic E-state index is 12.0. The van der Waals surface area contributed by atoms with Crippen molar-refractivity contribution in [2.75, 3.05) is 6.54 Å². The van der Waals surface area contributed by atoms with Gasteiger partial charge in [-0.25, -0.2) is 0 Å². The van der Waals surface area contributed by atoms with Gasteiger partial charge in [-0.2, -0.15) is 0 Å². The van der Waals surface area contributed by atoms with Crippen molar-refractivity contribution in [2.45, 2.75) is 33.1 Å². The van der Waals surface area contributed by atoms with Crippen LogP contribution >= 0.6 is 11.6 Å². The van der Waals surface area contributed by atoms with E-state index in [1.807, 2.05) is 13.8 Å². The smallest absolute Gasteiger partial charge is 0.303 e. The van der Waals surface area contributed by atoms with E-state index in [9.17, 15) is 9.59 Å². The molecule has 0 spiro atoms. The van der Waals surface area contributed by atoms with Crippen molar-refractivity contribution in [3.63, 3.8) is 0 Å². The van der Waals surface area contributed by atoms with Crippen LogP contribution < -0.4 is 5.32 Å². The number of aliphatic carboxylic acids is 1. The standard InChI is InChI=1S/C15H20ClNO3/c1-10(3-6-14(18)19)7-8-17-15(20)13-5-4-12(16)9-11(13)2/h4-5,9-10H,3,6-8H2,1-2H3,(H,17,20)(H,18,19). The summed E-state index contributed by atoms with van der Waals surface area (Å²) in [6, 6.07) is 5.16. The number of carboxylic acid groups (broad SMARTS) is 1. The van der Waals surface area contributed by atoms with Gasteiger partial charge in [0, 0.05) is 23.6 Å². The lowest BCUT2D eigenvalue weighted by atomic mass is 10.0. The minimum absolute atomic E-state index is 0.121. The van der Waals surface area contributed by atoms with Gasteiger partial charge in [0.2, 0.25) is 0 Å². The number of hydrogen-bond donors (Lipinski definition) is 2. The van der Waals surface area contributed by atoms with E-state index in [1.165, 1.54) is 0 Å². The molecule has 0 heterocycles. The molecule has 0 bridgehead atoms. The highest BCUT2D eigenvalue weighted by Crippen LogP contribution is 2.15. The first-order valence-electron chi connectivity index (χ1n) is 6.66. The first-order valence-corrected chi connectivity index (χ1v) is 7.04. The Hall–Kier alpha value is -1.55. The number of nitrogens with one attached hydrogen (secondary N) is 1. The Labute approximate surface area is 124 Å². The van der Waals surface area contributed by atoms with E-state index in [0.717, 1.165) is 12.0 Å². The molecule has 110 valence electrons. The van der Waals surface area contributed by atoms with Crippen LogP contribution in [-0.4, -0.2) is 23.5 Å². The maximum absolute atomic E-state index is 12.0. The Kier molecular flexibility index (Phi) is 6.52. The third-order valence-corrected chi connectivity index (χ3v) is 3.44. The highest BCUT2D eigenvalue weighted by Gasteiger charge is 2.10. The Balaban J connectivity index is 2.38. The van der Waals surface area contributed by atoms with Crippen LogP contribution in [0, 0.1) is 12.8 Å². The third kappa shape index (κ3) is 5.61. The minimum atomic E-state index is -0.780. The van der Waals surface area contributed by atoms with Crippen LogP contribution in [0.4, 0.5) is 0 Å². The maximum Gasteiger partial charge on any atom is 0.303 e. The molecule has 0 aliphatic heterocycles. The van der Waals surface area contributed by atoms with Crippen molar-refractivity contribution in [2.24, 2.45) is 5.92 Å². The lowest BCUT2D eigenvalue weighted by molar-refractivity contribution is -0.137. The van der Waals surface area contributed by atoms with Crippen LogP contribution in [0.3, 0.4) is 0 Å². The average Bonchev–Trinajstić information content (AvgIpc) is 2.36. The SMILES string of the molecule is Cc1cc(Cl)ccc1C(=O)NCCC(C)CCC(=O)O. The molecule has 0 aliphatic carbocycles. The molecule has 1 aromatic rings. The summed E-state index contributed by atoms with van der Waals surface area (Å²) >= 11 is 5.85. The zero-order chi connectivity index (χ0) is 15.1. The van der Waals surface area contributed by atoms with Gasteiger partial charge in [0.25, 0.3) is 5.91 Å². The quantitative estimate of drug-likeness (QED) is 0.811. The summed E-state index contributed by atoms with van der Waals surface area (Å²) in [6.07, 6.45) is 1.57. The zero-order valence-corrected chi connectivity index (χ0v) is 12.5. The van der Waals surface area contributed by atoms with Gasteiger partial charge in [-0.05, 0) is 49.4 Å². The fourth-order valence-electron chi connectivity index (χ4n) is 1.92. The predicted octanol–water partition coefficient (Wildman–Crippen LogP) is 3.27. The molecule has 1 rings (SSSR count). The van der Waals surface area contributed by atoms with Crippen LogP contribution in [0.2, 0.25) is 5.02 Å². The van der Waals surface area contributed by atoms with E-state index in [0.29, 0.717) is 23.6 Å². The zero-order valence-electron chi connectivity index (χ0n) is 11.8. The molecule has 0 fully saturated rings. The van der Waals surface area contributed by atoms with E-state index in [2.05, 4.69) is 5.32 Å². The van der Waals surface area contributed by atoms with Crippen molar-refractivity contribution in [1.82, 2.24) is 5.32 Å². The molecule has 0 saturated heterocycles. The van der Waals surface area contributed by atoms with Crippen molar-refractivity contribution in [3.8, 4) is 0 Å². The van der Waals surface area contributed by atoms with E-state index in [4.69, 9.17) is 16.7 Å². The fourth-order valence-corrected chi connectivity index (χ4v) is 2.15. The fraction of sp³-hybridized carbons (Fsp3) is 0.467. The number of hydrogen-bond acceptors (Lipinski definition) is 2. The summed E-state index contributed by atoms with van der Waals surface area (Å²) in [4.78, 5) is 22.4. The molecule has 1 unspecified atom stereocenters. The van der Waals surface area contributed by atoms with Crippen LogP contribution in [0.5, 0.6) is 0 Å². The van der Waals surface area contributed by atoms with Crippen molar-refractivity contribution in [1.29, 1.82) is 0 Å². The molecule has 1 atom stereocenters. The molecule has 0 radical (unpaired) electrons. The molecular weight excluding hydrogens is 278 g/mol. The number of halogens is 1. The Bertz CT molecular complexity index is 488. The van der Waals surface area contributed by atoms with E-state index >= 15 is 0 Å². The molecule has 0 aliphatic rings. The van der Waals surface area contributed by atoms with Gasteiger partial charge >= 0.3 is 5.97 Å². The summed E-state index contributed by atoms with van der Waals surface area (Å²) in [5.74, 6) is -0.625. The number of carboxylic acids is 1. The lowest BCUT2D eigenvalue weighted by Crippen LogP contribution is -2.26. The summed E-state index contributed by atoms with van der Waals surface area (Å²) < 4.78 is 0. The molecule has 20 heavy (non-hydrogen) atoms.